The van der Waals surface area contributed by atoms with Gasteiger partial charge in [0.15, 0.2) is 0 Å². The second-order valence-electron chi connectivity index (χ2n) is 8.95. The van der Waals surface area contributed by atoms with Crippen LogP contribution in [0.15, 0.2) is 120 Å². The van der Waals surface area contributed by atoms with E-state index in [2.05, 4.69) is 16.0 Å². The summed E-state index contributed by atoms with van der Waals surface area (Å²) in [4.78, 5) is 40.0. The average molecular weight is 566 g/mol. The fourth-order valence-corrected chi connectivity index (χ4v) is 4.78. The summed E-state index contributed by atoms with van der Waals surface area (Å²) in [6, 6.07) is 32.5. The lowest BCUT2D eigenvalue weighted by Gasteiger charge is -2.14. The van der Waals surface area contributed by atoms with Gasteiger partial charge in [0.1, 0.15) is 11.4 Å². The highest BCUT2D eigenvalue weighted by Crippen LogP contribution is 2.27. The maximum absolute atomic E-state index is 13.5. The zero-order valence-corrected chi connectivity index (χ0v) is 23.6. The standard InChI is InChI=1S/C33H31N3O4S/c1-3-40-30-20-11-10-15-25(30)21-29(36-32(38)24-13-6-4-7-14-24)33(39)35-27-18-12-19-28(22-27)41-23(2)31(37)34-26-16-8-5-9-17-26/h4-23H,3H2,1-2H3,(H,34,37)(H,35,39)(H,36,38)/b29-21+. The first-order chi connectivity index (χ1) is 19.9. The number of benzene rings is 4. The Morgan fingerprint density at radius 2 is 1.46 bits per heavy atom. The molecule has 0 heterocycles. The smallest absolute Gasteiger partial charge is 0.272 e. The van der Waals surface area contributed by atoms with Gasteiger partial charge in [0.25, 0.3) is 11.8 Å². The monoisotopic (exact) mass is 565 g/mol. The van der Waals surface area contributed by atoms with Crippen molar-refractivity contribution in [1.29, 1.82) is 0 Å². The number of hydrogen-bond acceptors (Lipinski definition) is 5. The van der Waals surface area contributed by atoms with Gasteiger partial charge in [-0.15, -0.1) is 11.8 Å². The van der Waals surface area contributed by atoms with Gasteiger partial charge in [0.2, 0.25) is 5.91 Å². The third kappa shape index (κ3) is 8.58. The Hall–Kier alpha value is -4.82. The normalized spacial score (nSPS) is 11.7. The van der Waals surface area contributed by atoms with Gasteiger partial charge < -0.3 is 20.7 Å². The molecule has 0 radical (unpaired) electrons. The highest BCUT2D eigenvalue weighted by Gasteiger charge is 2.18. The minimum absolute atomic E-state index is 0.0552. The predicted molar refractivity (Wildman–Crippen MR) is 165 cm³/mol. The molecule has 0 aromatic heterocycles. The fraction of sp³-hybridized carbons (Fsp3) is 0.121. The molecule has 0 aliphatic heterocycles. The number of amides is 3. The van der Waals surface area contributed by atoms with Crippen LogP contribution in [0.4, 0.5) is 11.4 Å². The molecule has 208 valence electrons. The number of carbonyl (C=O) groups is 3. The van der Waals surface area contributed by atoms with Crippen LogP contribution < -0.4 is 20.7 Å². The Morgan fingerprint density at radius 1 is 0.805 bits per heavy atom. The Balaban J connectivity index is 1.52. The molecule has 0 saturated carbocycles. The Bertz CT molecular complexity index is 1520. The van der Waals surface area contributed by atoms with Gasteiger partial charge in [-0.05, 0) is 68.5 Å². The molecule has 0 fully saturated rings. The summed E-state index contributed by atoms with van der Waals surface area (Å²) < 4.78 is 5.71. The molecule has 0 saturated heterocycles. The molecule has 4 rings (SSSR count). The van der Waals surface area contributed by atoms with Gasteiger partial charge in [0.05, 0.1) is 11.9 Å². The van der Waals surface area contributed by atoms with E-state index in [1.165, 1.54) is 11.8 Å². The van der Waals surface area contributed by atoms with Gasteiger partial charge in [-0.2, -0.15) is 0 Å². The zero-order valence-electron chi connectivity index (χ0n) is 22.8. The van der Waals surface area contributed by atoms with E-state index < -0.39 is 11.8 Å². The van der Waals surface area contributed by atoms with Crippen LogP contribution in [0.1, 0.15) is 29.8 Å². The molecule has 0 aliphatic rings. The predicted octanol–water partition coefficient (Wildman–Crippen LogP) is 6.61. The number of ether oxygens (including phenoxy) is 1. The maximum atomic E-state index is 13.5. The van der Waals surface area contributed by atoms with E-state index in [1.807, 2.05) is 74.5 Å². The Kier molecular flexibility index (Phi) is 10.3. The second kappa shape index (κ2) is 14.5. The lowest BCUT2D eigenvalue weighted by Crippen LogP contribution is -2.30. The highest BCUT2D eigenvalue weighted by atomic mass is 32.2. The van der Waals surface area contributed by atoms with E-state index in [9.17, 15) is 14.4 Å². The number of hydrogen-bond donors (Lipinski definition) is 3. The summed E-state index contributed by atoms with van der Waals surface area (Å²) in [5, 5.41) is 8.16. The third-order valence-corrected chi connectivity index (χ3v) is 6.96. The quantitative estimate of drug-likeness (QED) is 0.140. The molecule has 1 atom stereocenters. The average Bonchev–Trinajstić information content (AvgIpc) is 2.99. The van der Waals surface area contributed by atoms with E-state index in [-0.39, 0.29) is 16.9 Å². The fourth-order valence-electron chi connectivity index (χ4n) is 3.85. The molecule has 4 aromatic rings. The summed E-state index contributed by atoms with van der Waals surface area (Å²) in [6.45, 7) is 4.15. The van der Waals surface area contributed by atoms with E-state index >= 15 is 0 Å². The summed E-state index contributed by atoms with van der Waals surface area (Å²) >= 11 is 1.37. The van der Waals surface area contributed by atoms with Crippen LogP contribution in [0, 0.1) is 0 Å². The lowest BCUT2D eigenvalue weighted by atomic mass is 10.1. The third-order valence-electron chi connectivity index (χ3n) is 5.86. The molecule has 1 unspecified atom stereocenters. The molecule has 8 heteroatoms. The Morgan fingerprint density at radius 3 is 2.20 bits per heavy atom. The number of nitrogens with one attached hydrogen (secondary N) is 3. The van der Waals surface area contributed by atoms with Crippen LogP contribution in [0.3, 0.4) is 0 Å². The first-order valence-corrected chi connectivity index (χ1v) is 14.0. The van der Waals surface area contributed by atoms with E-state index in [0.717, 1.165) is 10.6 Å². The molecule has 0 bridgehead atoms. The number of para-hydroxylation sites is 2. The molecule has 0 aliphatic carbocycles. The minimum Gasteiger partial charge on any atom is -0.493 e. The van der Waals surface area contributed by atoms with Crippen molar-refractivity contribution in [2.24, 2.45) is 0 Å². The van der Waals surface area contributed by atoms with Crippen LogP contribution in [-0.4, -0.2) is 29.6 Å². The SMILES string of the molecule is CCOc1ccccc1/C=C(/NC(=O)c1ccccc1)C(=O)Nc1cccc(SC(C)C(=O)Nc2ccccc2)c1. The Labute approximate surface area is 244 Å². The largest absolute Gasteiger partial charge is 0.493 e. The first-order valence-electron chi connectivity index (χ1n) is 13.2. The van der Waals surface area contributed by atoms with Crippen LogP contribution in [-0.2, 0) is 9.59 Å². The molecular weight excluding hydrogens is 534 g/mol. The van der Waals surface area contributed by atoms with Crippen LogP contribution in [0.25, 0.3) is 6.08 Å². The first kappa shape index (κ1) is 29.2. The molecule has 4 aromatic carbocycles. The molecule has 3 N–H and O–H groups in total. The maximum Gasteiger partial charge on any atom is 0.272 e. The number of rotatable bonds is 11. The van der Waals surface area contributed by atoms with E-state index in [4.69, 9.17) is 4.74 Å². The van der Waals surface area contributed by atoms with Gasteiger partial charge >= 0.3 is 0 Å². The second-order valence-corrected chi connectivity index (χ2v) is 10.4. The minimum atomic E-state index is -0.502. The molecule has 7 nitrogen and oxygen atoms in total. The molecule has 3 amide bonds. The number of thioether (sulfide) groups is 1. The van der Waals surface area contributed by atoms with Crippen LogP contribution in [0.2, 0.25) is 0 Å². The van der Waals surface area contributed by atoms with E-state index in [0.29, 0.717) is 29.2 Å². The van der Waals surface area contributed by atoms with Crippen molar-refractivity contribution in [3.05, 3.63) is 126 Å². The topological polar surface area (TPSA) is 96.5 Å². The number of anilines is 2. The van der Waals surface area contributed by atoms with Crippen LogP contribution >= 0.6 is 11.8 Å². The van der Waals surface area contributed by atoms with Gasteiger partial charge in [-0.25, -0.2) is 0 Å². The summed E-state index contributed by atoms with van der Waals surface area (Å²) in [6.07, 6.45) is 1.59. The van der Waals surface area contributed by atoms with Crippen molar-refractivity contribution >= 4 is 46.9 Å². The number of carbonyl (C=O) groups excluding carboxylic acids is 3. The van der Waals surface area contributed by atoms with Gasteiger partial charge in [-0.1, -0.05) is 60.7 Å². The zero-order chi connectivity index (χ0) is 29.0. The lowest BCUT2D eigenvalue weighted by molar-refractivity contribution is -0.115. The highest BCUT2D eigenvalue weighted by molar-refractivity contribution is 8.00. The van der Waals surface area contributed by atoms with Gasteiger partial charge in [0, 0.05) is 27.4 Å². The summed E-state index contributed by atoms with van der Waals surface area (Å²) in [5.41, 5.74) is 2.38. The van der Waals surface area contributed by atoms with Crippen molar-refractivity contribution < 1.29 is 19.1 Å². The summed E-state index contributed by atoms with van der Waals surface area (Å²) in [7, 11) is 0. The van der Waals surface area contributed by atoms with Crippen LogP contribution in [0.5, 0.6) is 5.75 Å². The molecule has 0 spiro atoms. The summed E-state index contributed by atoms with van der Waals surface area (Å²) in [5.74, 6) is -0.450. The van der Waals surface area contributed by atoms with Crippen molar-refractivity contribution in [3.8, 4) is 5.75 Å². The van der Waals surface area contributed by atoms with E-state index in [1.54, 1.807) is 54.6 Å². The molecular formula is C33H31N3O4S. The van der Waals surface area contributed by atoms with Gasteiger partial charge in [-0.3, -0.25) is 14.4 Å². The van der Waals surface area contributed by atoms with Crippen molar-refractivity contribution in [2.45, 2.75) is 24.0 Å². The molecule has 41 heavy (non-hydrogen) atoms. The van der Waals surface area contributed by atoms with Crippen molar-refractivity contribution in [3.63, 3.8) is 0 Å². The van der Waals surface area contributed by atoms with Crippen molar-refractivity contribution in [2.75, 3.05) is 17.2 Å². The van der Waals surface area contributed by atoms with Crippen molar-refractivity contribution in [1.82, 2.24) is 5.32 Å².